The summed E-state index contributed by atoms with van der Waals surface area (Å²) in [5.74, 6) is 1.40. The van der Waals surface area contributed by atoms with Gasteiger partial charge < -0.3 is 9.47 Å². The van der Waals surface area contributed by atoms with Crippen LogP contribution in [0.25, 0.3) is 0 Å². The Morgan fingerprint density at radius 1 is 1.12 bits per heavy atom. The van der Waals surface area contributed by atoms with Gasteiger partial charge in [0.15, 0.2) is 11.5 Å². The highest BCUT2D eigenvalue weighted by molar-refractivity contribution is 9.10. The Labute approximate surface area is 111 Å². The Balaban J connectivity index is 3.13. The van der Waals surface area contributed by atoms with Gasteiger partial charge in [0, 0.05) is 16.3 Å². The van der Waals surface area contributed by atoms with E-state index < -0.39 is 0 Å². The van der Waals surface area contributed by atoms with Crippen LogP contribution >= 0.6 is 15.9 Å². The predicted molar refractivity (Wildman–Crippen MR) is 74.6 cm³/mol. The van der Waals surface area contributed by atoms with Crippen LogP contribution in [0.2, 0.25) is 0 Å². The molecule has 0 atom stereocenters. The zero-order valence-corrected chi connectivity index (χ0v) is 12.5. The van der Waals surface area contributed by atoms with E-state index in [0.717, 1.165) is 10.0 Å². The topological polar surface area (TPSA) is 30.8 Å². The minimum Gasteiger partial charge on any atom is -0.493 e. The molecular weight excluding hydrogens is 282 g/mol. The van der Waals surface area contributed by atoms with Crippen molar-refractivity contribution in [2.24, 2.45) is 4.99 Å². The highest BCUT2D eigenvalue weighted by Crippen LogP contribution is 2.32. The first-order chi connectivity index (χ1) is 7.87. The van der Waals surface area contributed by atoms with Crippen molar-refractivity contribution >= 4 is 22.1 Å². The molecule has 1 rings (SSSR count). The lowest BCUT2D eigenvalue weighted by molar-refractivity contribution is 0.354. The second kappa shape index (κ2) is 5.54. The molecule has 0 fully saturated rings. The van der Waals surface area contributed by atoms with Crippen LogP contribution in [0.5, 0.6) is 11.5 Å². The van der Waals surface area contributed by atoms with Crippen LogP contribution in [-0.4, -0.2) is 26.0 Å². The zero-order valence-electron chi connectivity index (χ0n) is 10.9. The number of methoxy groups -OCH3 is 2. The highest BCUT2D eigenvalue weighted by atomic mass is 79.9. The van der Waals surface area contributed by atoms with Gasteiger partial charge in [-0.15, -0.1) is 0 Å². The van der Waals surface area contributed by atoms with E-state index in [9.17, 15) is 0 Å². The van der Waals surface area contributed by atoms with Gasteiger partial charge >= 0.3 is 0 Å². The lowest BCUT2D eigenvalue weighted by Gasteiger charge is -2.13. The molecular formula is C13H18BrNO2. The van der Waals surface area contributed by atoms with E-state index in [1.165, 1.54) is 0 Å². The van der Waals surface area contributed by atoms with E-state index in [4.69, 9.17) is 9.47 Å². The van der Waals surface area contributed by atoms with Crippen LogP contribution in [0.1, 0.15) is 26.3 Å². The summed E-state index contributed by atoms with van der Waals surface area (Å²) in [5.41, 5.74) is 0.879. The van der Waals surface area contributed by atoms with Crippen LogP contribution in [0, 0.1) is 0 Å². The number of ether oxygens (including phenoxy) is 2. The maximum atomic E-state index is 5.26. The number of nitrogens with zero attached hydrogens (tertiary/aromatic N) is 1. The first-order valence-electron chi connectivity index (χ1n) is 5.34. The monoisotopic (exact) mass is 299 g/mol. The minimum atomic E-state index is -0.0907. The zero-order chi connectivity index (χ0) is 13.1. The summed E-state index contributed by atoms with van der Waals surface area (Å²) in [6.07, 6.45) is 1.84. The number of rotatable bonds is 3. The van der Waals surface area contributed by atoms with E-state index in [0.29, 0.717) is 11.5 Å². The number of benzene rings is 1. The van der Waals surface area contributed by atoms with Gasteiger partial charge in [-0.3, -0.25) is 4.99 Å². The summed E-state index contributed by atoms with van der Waals surface area (Å²) in [6.45, 7) is 6.16. The molecule has 1 aromatic rings. The maximum Gasteiger partial charge on any atom is 0.161 e. The SMILES string of the molecule is COc1cc(Br)c(C=NC(C)(C)C)cc1OC. The molecule has 0 aliphatic heterocycles. The van der Waals surface area contributed by atoms with Crippen molar-refractivity contribution in [3.63, 3.8) is 0 Å². The molecule has 0 saturated carbocycles. The van der Waals surface area contributed by atoms with Gasteiger partial charge in [0.1, 0.15) is 0 Å². The average molecular weight is 300 g/mol. The molecule has 0 aromatic heterocycles. The van der Waals surface area contributed by atoms with Gasteiger partial charge in [-0.2, -0.15) is 0 Å². The van der Waals surface area contributed by atoms with Gasteiger partial charge in [-0.25, -0.2) is 0 Å². The second-order valence-corrected chi connectivity index (χ2v) is 5.51. The van der Waals surface area contributed by atoms with Crippen LogP contribution in [-0.2, 0) is 0 Å². The van der Waals surface area contributed by atoms with Gasteiger partial charge in [-0.1, -0.05) is 0 Å². The van der Waals surface area contributed by atoms with Crippen molar-refractivity contribution in [3.8, 4) is 11.5 Å². The Bertz CT molecular complexity index is 422. The van der Waals surface area contributed by atoms with Gasteiger partial charge in [0.25, 0.3) is 0 Å². The standard InChI is InChI=1S/C13H18BrNO2/c1-13(2,3)15-8-9-6-11(16-4)12(17-5)7-10(9)14/h6-8H,1-5H3. The molecule has 0 N–H and O–H groups in total. The van der Waals surface area contributed by atoms with Gasteiger partial charge in [-0.05, 0) is 48.8 Å². The molecule has 0 amide bonds. The lowest BCUT2D eigenvalue weighted by atomic mass is 10.1. The van der Waals surface area contributed by atoms with Crippen molar-refractivity contribution in [2.45, 2.75) is 26.3 Å². The van der Waals surface area contributed by atoms with E-state index in [1.807, 2.05) is 18.3 Å². The molecule has 0 bridgehead atoms. The molecule has 0 radical (unpaired) electrons. The normalized spacial score (nSPS) is 11.9. The summed E-state index contributed by atoms with van der Waals surface area (Å²) < 4.78 is 11.4. The first kappa shape index (κ1) is 14.0. The Morgan fingerprint density at radius 3 is 2.12 bits per heavy atom. The first-order valence-corrected chi connectivity index (χ1v) is 6.13. The molecule has 94 valence electrons. The predicted octanol–water partition coefficient (Wildman–Crippen LogP) is 3.68. The van der Waals surface area contributed by atoms with Crippen molar-refractivity contribution in [2.75, 3.05) is 14.2 Å². The lowest BCUT2D eigenvalue weighted by Crippen LogP contribution is -2.09. The molecule has 3 nitrogen and oxygen atoms in total. The molecule has 0 saturated heterocycles. The Hall–Kier alpha value is -1.03. The molecule has 0 aliphatic carbocycles. The van der Waals surface area contributed by atoms with Crippen molar-refractivity contribution in [1.82, 2.24) is 0 Å². The molecule has 17 heavy (non-hydrogen) atoms. The number of hydrogen-bond donors (Lipinski definition) is 0. The smallest absolute Gasteiger partial charge is 0.161 e. The summed E-state index contributed by atoms with van der Waals surface area (Å²) in [5, 5.41) is 0. The highest BCUT2D eigenvalue weighted by Gasteiger charge is 2.10. The molecule has 1 aromatic carbocycles. The molecule has 0 aliphatic rings. The maximum absolute atomic E-state index is 5.26. The fourth-order valence-corrected chi connectivity index (χ4v) is 1.66. The summed E-state index contributed by atoms with van der Waals surface area (Å²) >= 11 is 3.49. The van der Waals surface area contributed by atoms with Crippen molar-refractivity contribution < 1.29 is 9.47 Å². The molecule has 0 spiro atoms. The molecule has 0 unspecified atom stereocenters. The summed E-state index contributed by atoms with van der Waals surface area (Å²) in [6, 6.07) is 3.78. The summed E-state index contributed by atoms with van der Waals surface area (Å²) in [4.78, 5) is 4.47. The number of halogens is 1. The van der Waals surface area contributed by atoms with Crippen LogP contribution in [0.3, 0.4) is 0 Å². The van der Waals surface area contributed by atoms with E-state index in [2.05, 4.69) is 41.7 Å². The molecule has 4 heteroatoms. The third-order valence-corrected chi connectivity index (χ3v) is 2.78. The van der Waals surface area contributed by atoms with Crippen LogP contribution in [0.15, 0.2) is 21.6 Å². The average Bonchev–Trinajstić information content (AvgIpc) is 2.25. The number of hydrogen-bond acceptors (Lipinski definition) is 3. The third kappa shape index (κ3) is 4.04. The van der Waals surface area contributed by atoms with Gasteiger partial charge in [0.2, 0.25) is 0 Å². The summed E-state index contributed by atoms with van der Waals surface area (Å²) in [7, 11) is 3.24. The minimum absolute atomic E-state index is 0.0907. The Morgan fingerprint density at radius 2 is 1.65 bits per heavy atom. The van der Waals surface area contributed by atoms with E-state index >= 15 is 0 Å². The third-order valence-electron chi connectivity index (χ3n) is 2.09. The fraction of sp³-hybridized carbons (Fsp3) is 0.462. The van der Waals surface area contributed by atoms with Crippen LogP contribution in [0.4, 0.5) is 0 Å². The van der Waals surface area contributed by atoms with Crippen molar-refractivity contribution in [3.05, 3.63) is 22.2 Å². The van der Waals surface area contributed by atoms with Crippen molar-refractivity contribution in [1.29, 1.82) is 0 Å². The Kier molecular flexibility index (Phi) is 4.57. The van der Waals surface area contributed by atoms with E-state index in [1.54, 1.807) is 14.2 Å². The number of aliphatic imine (C=N–C) groups is 1. The van der Waals surface area contributed by atoms with Crippen LogP contribution < -0.4 is 9.47 Å². The largest absolute Gasteiger partial charge is 0.493 e. The fourth-order valence-electron chi connectivity index (χ4n) is 1.23. The second-order valence-electron chi connectivity index (χ2n) is 4.66. The van der Waals surface area contributed by atoms with Gasteiger partial charge in [0.05, 0.1) is 19.8 Å². The van der Waals surface area contributed by atoms with E-state index in [-0.39, 0.29) is 5.54 Å². The quantitative estimate of drug-likeness (QED) is 0.797. The molecule has 0 heterocycles.